The average Bonchev–Trinajstić information content (AvgIpc) is 3.13. The number of guanidine groups is 1. The van der Waals surface area contributed by atoms with Crippen LogP contribution in [0.5, 0.6) is 0 Å². The van der Waals surface area contributed by atoms with E-state index < -0.39 is 14.8 Å². The molecule has 1 aromatic carbocycles. The summed E-state index contributed by atoms with van der Waals surface area (Å²) in [6.45, 7) is 1.51. The number of hydrogen-bond donors (Lipinski definition) is 3. The van der Waals surface area contributed by atoms with Crippen molar-refractivity contribution in [2.24, 2.45) is 4.99 Å². The fourth-order valence-corrected chi connectivity index (χ4v) is 3.51. The first kappa shape index (κ1) is 24.1. The van der Waals surface area contributed by atoms with Crippen molar-refractivity contribution in [3.8, 4) is 0 Å². The minimum Gasteiger partial charge on any atom is -0.378 e. The van der Waals surface area contributed by atoms with E-state index in [1.165, 1.54) is 17.0 Å². The van der Waals surface area contributed by atoms with Gasteiger partial charge in [-0.15, -0.1) is 35.3 Å². The van der Waals surface area contributed by atoms with Gasteiger partial charge < -0.3 is 16.0 Å². The molecule has 0 aliphatic rings. The molecule has 0 saturated heterocycles. The van der Waals surface area contributed by atoms with Crippen molar-refractivity contribution in [2.45, 2.75) is 11.4 Å². The normalized spacial score (nSPS) is 11.4. The van der Waals surface area contributed by atoms with Crippen LogP contribution in [-0.2, 0) is 16.4 Å². The van der Waals surface area contributed by atoms with E-state index in [1.54, 1.807) is 18.4 Å². The van der Waals surface area contributed by atoms with Crippen LogP contribution in [0.25, 0.3) is 0 Å². The Kier molecular flexibility index (Phi) is 9.61. The molecule has 3 N–H and O–H groups in total. The quantitative estimate of drug-likeness (QED) is 0.118. The maximum absolute atomic E-state index is 11.6. The summed E-state index contributed by atoms with van der Waals surface area (Å²) in [5.74, 6) is 0.618. The van der Waals surface area contributed by atoms with E-state index in [4.69, 9.17) is 0 Å². The van der Waals surface area contributed by atoms with Crippen LogP contribution in [0.1, 0.15) is 4.88 Å². The van der Waals surface area contributed by atoms with Gasteiger partial charge in [0, 0.05) is 37.3 Å². The Balaban J connectivity index is 0.00000392. The van der Waals surface area contributed by atoms with E-state index in [1.807, 2.05) is 17.5 Å². The van der Waals surface area contributed by atoms with Crippen LogP contribution in [0.4, 0.5) is 11.4 Å². The summed E-state index contributed by atoms with van der Waals surface area (Å²) in [6.07, 6.45) is 1.01. The maximum atomic E-state index is 11.6. The molecule has 1 heterocycles. The number of aliphatic imine (C=N–C) groups is 1. The summed E-state index contributed by atoms with van der Waals surface area (Å²) < 4.78 is 23.1. The topological polar surface area (TPSA) is 126 Å². The Morgan fingerprint density at radius 1 is 1.25 bits per heavy atom. The molecule has 28 heavy (non-hydrogen) atoms. The molecule has 0 amide bonds. The van der Waals surface area contributed by atoms with Gasteiger partial charge in [-0.25, -0.2) is 8.42 Å². The third-order valence-electron chi connectivity index (χ3n) is 3.56. The molecule has 9 nitrogen and oxygen atoms in total. The predicted octanol–water partition coefficient (Wildman–Crippen LogP) is 2.45. The second-order valence-corrected chi connectivity index (χ2v) is 8.61. The lowest BCUT2D eigenvalue weighted by atomic mass is 10.2. The van der Waals surface area contributed by atoms with Crippen molar-refractivity contribution in [2.75, 3.05) is 31.7 Å². The van der Waals surface area contributed by atoms with E-state index in [0.29, 0.717) is 25.6 Å². The first-order chi connectivity index (χ1) is 12.8. The van der Waals surface area contributed by atoms with E-state index in [0.717, 1.165) is 12.3 Å². The molecule has 12 heteroatoms. The number of nitrogens with zero attached hydrogens (tertiary/aromatic N) is 2. The van der Waals surface area contributed by atoms with Crippen LogP contribution in [0, 0.1) is 10.1 Å². The van der Waals surface area contributed by atoms with Crippen LogP contribution in [0.2, 0.25) is 0 Å². The van der Waals surface area contributed by atoms with Gasteiger partial charge in [-0.2, -0.15) is 0 Å². The highest BCUT2D eigenvalue weighted by molar-refractivity contribution is 14.0. The van der Waals surface area contributed by atoms with Crippen molar-refractivity contribution >= 4 is 62.5 Å². The zero-order chi connectivity index (χ0) is 19.9. The summed E-state index contributed by atoms with van der Waals surface area (Å²) in [5.41, 5.74) is -0.0196. The fourth-order valence-electron chi connectivity index (χ4n) is 2.23. The third kappa shape index (κ3) is 7.24. The molecule has 0 atom stereocenters. The Hall–Kier alpha value is -1.93. The zero-order valence-electron chi connectivity index (χ0n) is 15.3. The molecule has 1 aromatic heterocycles. The Labute approximate surface area is 184 Å². The number of nitro groups is 1. The molecule has 0 unspecified atom stereocenters. The van der Waals surface area contributed by atoms with Gasteiger partial charge in [0.15, 0.2) is 15.8 Å². The average molecular weight is 539 g/mol. The van der Waals surface area contributed by atoms with E-state index in [9.17, 15) is 18.5 Å². The van der Waals surface area contributed by atoms with Gasteiger partial charge in [0.2, 0.25) is 0 Å². The van der Waals surface area contributed by atoms with Crippen LogP contribution in [-0.4, -0.2) is 45.7 Å². The van der Waals surface area contributed by atoms with E-state index in [2.05, 4.69) is 20.9 Å². The largest absolute Gasteiger partial charge is 0.378 e. The Bertz CT molecular complexity index is 917. The van der Waals surface area contributed by atoms with Crippen molar-refractivity contribution in [1.29, 1.82) is 0 Å². The van der Waals surface area contributed by atoms with Gasteiger partial charge in [0.25, 0.3) is 5.69 Å². The molecular weight excluding hydrogens is 517 g/mol. The molecule has 154 valence electrons. The number of anilines is 1. The number of sulfone groups is 1. The number of benzene rings is 1. The zero-order valence-corrected chi connectivity index (χ0v) is 19.3. The molecule has 0 spiro atoms. The Morgan fingerprint density at radius 2 is 2.00 bits per heavy atom. The van der Waals surface area contributed by atoms with Crippen molar-refractivity contribution < 1.29 is 13.3 Å². The second kappa shape index (κ2) is 11.2. The standard InChI is InChI=1S/C16H21N5O4S2.HI/c1-17-16(20-11-12-4-3-9-26-12)19-8-7-18-14-6-5-13(27(2,24)25)10-15(14)21(22)23;/h3-6,9-10,18H,7-8,11H2,1-2H3,(H2,17,19,20);1H. The van der Waals surface area contributed by atoms with Gasteiger partial charge in [-0.05, 0) is 23.6 Å². The first-order valence-electron chi connectivity index (χ1n) is 8.00. The minimum atomic E-state index is -3.51. The fraction of sp³-hybridized carbons (Fsp3) is 0.312. The van der Waals surface area contributed by atoms with E-state index in [-0.39, 0.29) is 40.2 Å². The number of nitrogens with one attached hydrogen (secondary N) is 3. The lowest BCUT2D eigenvalue weighted by Crippen LogP contribution is -2.39. The number of rotatable bonds is 8. The lowest BCUT2D eigenvalue weighted by Gasteiger charge is -2.12. The van der Waals surface area contributed by atoms with E-state index >= 15 is 0 Å². The van der Waals surface area contributed by atoms with Gasteiger partial charge in [0.1, 0.15) is 5.69 Å². The smallest absolute Gasteiger partial charge is 0.293 e. The van der Waals surface area contributed by atoms with Crippen molar-refractivity contribution in [3.05, 3.63) is 50.7 Å². The molecular formula is C16H22IN5O4S2. The number of hydrogen-bond acceptors (Lipinski definition) is 7. The summed E-state index contributed by atoms with van der Waals surface area (Å²) >= 11 is 1.64. The molecule has 2 rings (SSSR count). The molecule has 0 radical (unpaired) electrons. The van der Waals surface area contributed by atoms with Gasteiger partial charge >= 0.3 is 0 Å². The second-order valence-electron chi connectivity index (χ2n) is 5.57. The third-order valence-corrected chi connectivity index (χ3v) is 5.55. The number of halogens is 1. The lowest BCUT2D eigenvalue weighted by molar-refractivity contribution is -0.384. The first-order valence-corrected chi connectivity index (χ1v) is 10.8. The number of thiophene rings is 1. The van der Waals surface area contributed by atoms with Gasteiger partial charge in [-0.1, -0.05) is 6.07 Å². The molecule has 0 bridgehead atoms. The summed E-state index contributed by atoms with van der Waals surface area (Å²) in [4.78, 5) is 15.8. The molecule has 2 aromatic rings. The predicted molar refractivity (Wildman–Crippen MR) is 123 cm³/mol. The SMILES string of the molecule is CN=C(NCCNc1ccc(S(C)(=O)=O)cc1[N+](=O)[O-])NCc1cccs1.I. The van der Waals surface area contributed by atoms with Gasteiger partial charge in [0.05, 0.1) is 16.4 Å². The van der Waals surface area contributed by atoms with Crippen molar-refractivity contribution in [1.82, 2.24) is 10.6 Å². The van der Waals surface area contributed by atoms with Crippen LogP contribution < -0.4 is 16.0 Å². The van der Waals surface area contributed by atoms with Crippen LogP contribution in [0.15, 0.2) is 45.6 Å². The highest BCUT2D eigenvalue weighted by Gasteiger charge is 2.18. The molecule has 0 fully saturated rings. The summed E-state index contributed by atoms with van der Waals surface area (Å²) in [6, 6.07) is 7.81. The highest BCUT2D eigenvalue weighted by atomic mass is 127. The summed E-state index contributed by atoms with van der Waals surface area (Å²) in [5, 5.41) is 22.4. The van der Waals surface area contributed by atoms with Gasteiger partial charge in [-0.3, -0.25) is 15.1 Å². The summed E-state index contributed by atoms with van der Waals surface area (Å²) in [7, 11) is -1.85. The highest BCUT2D eigenvalue weighted by Crippen LogP contribution is 2.27. The monoisotopic (exact) mass is 539 g/mol. The molecule has 0 aliphatic carbocycles. The van der Waals surface area contributed by atoms with Crippen LogP contribution in [0.3, 0.4) is 0 Å². The Morgan fingerprint density at radius 3 is 2.57 bits per heavy atom. The minimum absolute atomic E-state index is 0. The molecule has 0 aliphatic heterocycles. The number of nitro benzene ring substituents is 1. The molecule has 0 saturated carbocycles. The van der Waals surface area contributed by atoms with Crippen molar-refractivity contribution in [3.63, 3.8) is 0 Å². The maximum Gasteiger partial charge on any atom is 0.293 e. The van der Waals surface area contributed by atoms with Crippen LogP contribution >= 0.6 is 35.3 Å².